The van der Waals surface area contributed by atoms with Crippen LogP contribution in [-0.2, 0) is 6.54 Å². The third kappa shape index (κ3) is 1.07. The van der Waals surface area contributed by atoms with Gasteiger partial charge in [-0.25, -0.2) is 0 Å². The lowest BCUT2D eigenvalue weighted by Crippen LogP contribution is -2.45. The van der Waals surface area contributed by atoms with Crippen molar-refractivity contribution in [3.8, 4) is 5.88 Å². The number of aromatic nitrogens is 1. The Bertz CT molecular complexity index is 290. The first-order valence-corrected chi connectivity index (χ1v) is 4.93. The summed E-state index contributed by atoms with van der Waals surface area (Å²) in [6.07, 6.45) is 4.37. The molecule has 1 saturated heterocycles. The van der Waals surface area contributed by atoms with Crippen LogP contribution in [0.25, 0.3) is 0 Å². The van der Waals surface area contributed by atoms with Crippen LogP contribution in [0.2, 0.25) is 0 Å². The number of nitrogens with zero attached hydrogens (tertiary/aromatic N) is 1. The molecule has 0 aliphatic carbocycles. The minimum atomic E-state index is 0.113. The minimum Gasteiger partial charge on any atom is -0.470 e. The maximum atomic E-state index is 6.00. The molecule has 3 heterocycles. The fourth-order valence-corrected chi connectivity index (χ4v) is 2.33. The predicted molar refractivity (Wildman–Crippen MR) is 49.9 cm³/mol. The van der Waals surface area contributed by atoms with Gasteiger partial charge >= 0.3 is 0 Å². The number of ether oxygens (including phenoxy) is 1. The fourth-order valence-electron chi connectivity index (χ4n) is 2.33. The van der Waals surface area contributed by atoms with Crippen molar-refractivity contribution >= 4 is 0 Å². The van der Waals surface area contributed by atoms with E-state index in [-0.39, 0.29) is 5.60 Å². The van der Waals surface area contributed by atoms with Gasteiger partial charge in [0.25, 0.3) is 0 Å². The van der Waals surface area contributed by atoms with Crippen LogP contribution in [0.3, 0.4) is 0 Å². The molecule has 70 valence electrons. The molecule has 0 aromatic carbocycles. The molecular weight excluding hydrogens is 164 g/mol. The maximum Gasteiger partial charge on any atom is 0.194 e. The second kappa shape index (κ2) is 2.51. The Balaban J connectivity index is 1.86. The highest BCUT2D eigenvalue weighted by Gasteiger charge is 2.39. The third-order valence-corrected chi connectivity index (χ3v) is 3.08. The van der Waals surface area contributed by atoms with Crippen LogP contribution in [-0.4, -0.2) is 23.3 Å². The second-order valence-corrected chi connectivity index (χ2v) is 4.01. The number of hydrogen-bond donors (Lipinski definition) is 1. The molecular formula is C10H14N2O. The van der Waals surface area contributed by atoms with Crippen molar-refractivity contribution in [2.75, 3.05) is 13.1 Å². The van der Waals surface area contributed by atoms with Crippen LogP contribution in [0.15, 0.2) is 18.3 Å². The molecule has 0 saturated carbocycles. The van der Waals surface area contributed by atoms with Crippen molar-refractivity contribution in [3.05, 3.63) is 18.3 Å². The fraction of sp³-hybridized carbons (Fsp3) is 0.600. The predicted octanol–water partition coefficient (Wildman–Crippen LogP) is 1.00. The normalized spacial score (nSPS) is 24.3. The van der Waals surface area contributed by atoms with E-state index in [9.17, 15) is 0 Å². The van der Waals surface area contributed by atoms with Crippen molar-refractivity contribution in [3.63, 3.8) is 0 Å². The SMILES string of the molecule is c1cc2n(c1)CC1(CCNCC1)O2. The Morgan fingerprint density at radius 1 is 1.38 bits per heavy atom. The molecule has 1 aromatic heterocycles. The summed E-state index contributed by atoms with van der Waals surface area (Å²) in [6.45, 7) is 3.21. The highest BCUT2D eigenvalue weighted by Crippen LogP contribution is 2.35. The lowest BCUT2D eigenvalue weighted by atomic mass is 9.93. The molecule has 13 heavy (non-hydrogen) atoms. The lowest BCUT2D eigenvalue weighted by Gasteiger charge is -2.32. The second-order valence-electron chi connectivity index (χ2n) is 4.01. The largest absolute Gasteiger partial charge is 0.470 e. The topological polar surface area (TPSA) is 26.2 Å². The zero-order chi connectivity index (χ0) is 8.73. The van der Waals surface area contributed by atoms with Gasteiger partial charge in [0.05, 0.1) is 6.54 Å². The first-order chi connectivity index (χ1) is 6.38. The molecule has 0 amide bonds. The molecule has 3 heteroatoms. The summed E-state index contributed by atoms with van der Waals surface area (Å²) in [7, 11) is 0. The van der Waals surface area contributed by atoms with E-state index in [1.165, 1.54) is 0 Å². The first kappa shape index (κ1) is 7.44. The van der Waals surface area contributed by atoms with Crippen LogP contribution < -0.4 is 10.1 Å². The highest BCUT2D eigenvalue weighted by molar-refractivity contribution is 5.20. The van der Waals surface area contributed by atoms with Crippen molar-refractivity contribution in [2.45, 2.75) is 25.0 Å². The summed E-state index contributed by atoms with van der Waals surface area (Å²) in [4.78, 5) is 0. The number of rotatable bonds is 0. The van der Waals surface area contributed by atoms with E-state index in [0.717, 1.165) is 38.4 Å². The maximum absolute atomic E-state index is 6.00. The van der Waals surface area contributed by atoms with Gasteiger partial charge in [-0.3, -0.25) is 0 Å². The Labute approximate surface area is 77.7 Å². The molecule has 0 unspecified atom stereocenters. The number of fused-ring (bicyclic) bond motifs is 1. The Hall–Kier alpha value is -0.960. The van der Waals surface area contributed by atoms with Gasteiger partial charge in [-0.05, 0) is 25.2 Å². The van der Waals surface area contributed by atoms with Gasteiger partial charge in [0.1, 0.15) is 5.60 Å². The van der Waals surface area contributed by atoms with Gasteiger partial charge in [-0.2, -0.15) is 0 Å². The van der Waals surface area contributed by atoms with E-state index in [1.807, 2.05) is 6.07 Å². The van der Waals surface area contributed by atoms with Gasteiger partial charge in [0.15, 0.2) is 5.88 Å². The lowest BCUT2D eigenvalue weighted by molar-refractivity contribution is 0.0574. The number of hydrogen-bond acceptors (Lipinski definition) is 2. The molecule has 0 atom stereocenters. The van der Waals surface area contributed by atoms with Gasteiger partial charge in [-0.15, -0.1) is 0 Å². The summed E-state index contributed by atoms with van der Waals surface area (Å²) < 4.78 is 8.21. The summed E-state index contributed by atoms with van der Waals surface area (Å²) in [5, 5.41) is 3.37. The van der Waals surface area contributed by atoms with Crippen molar-refractivity contribution in [2.24, 2.45) is 0 Å². The zero-order valence-electron chi connectivity index (χ0n) is 7.62. The molecule has 2 aliphatic heterocycles. The Morgan fingerprint density at radius 2 is 2.23 bits per heavy atom. The smallest absolute Gasteiger partial charge is 0.194 e. The summed E-state index contributed by atoms with van der Waals surface area (Å²) in [6, 6.07) is 4.10. The van der Waals surface area contributed by atoms with Crippen LogP contribution in [0, 0.1) is 0 Å². The monoisotopic (exact) mass is 178 g/mol. The summed E-state index contributed by atoms with van der Waals surface area (Å²) in [5.41, 5.74) is 0.113. The average molecular weight is 178 g/mol. The molecule has 1 N–H and O–H groups in total. The van der Waals surface area contributed by atoms with E-state index in [4.69, 9.17) is 4.74 Å². The van der Waals surface area contributed by atoms with Crippen molar-refractivity contribution < 1.29 is 4.74 Å². The Morgan fingerprint density at radius 3 is 3.00 bits per heavy atom. The molecule has 0 radical (unpaired) electrons. The van der Waals surface area contributed by atoms with E-state index >= 15 is 0 Å². The zero-order valence-corrected chi connectivity index (χ0v) is 7.62. The van der Waals surface area contributed by atoms with E-state index in [2.05, 4.69) is 22.1 Å². The average Bonchev–Trinajstić information content (AvgIpc) is 2.64. The van der Waals surface area contributed by atoms with Crippen molar-refractivity contribution in [1.29, 1.82) is 0 Å². The summed E-state index contributed by atoms with van der Waals surface area (Å²) >= 11 is 0. The molecule has 0 bridgehead atoms. The summed E-state index contributed by atoms with van der Waals surface area (Å²) in [5.74, 6) is 1.04. The standard InChI is InChI=1S/C10H14N2O/c1-2-9-12(7-1)8-10(13-9)3-5-11-6-4-10/h1-2,7,11H,3-6,8H2. The molecule has 3 rings (SSSR count). The first-order valence-electron chi connectivity index (χ1n) is 4.93. The van der Waals surface area contributed by atoms with Crippen LogP contribution in [0.1, 0.15) is 12.8 Å². The van der Waals surface area contributed by atoms with Crippen LogP contribution >= 0.6 is 0 Å². The Kier molecular flexibility index (Phi) is 1.44. The van der Waals surface area contributed by atoms with Gasteiger partial charge in [0.2, 0.25) is 0 Å². The quantitative estimate of drug-likeness (QED) is 0.641. The molecule has 2 aliphatic rings. The highest BCUT2D eigenvalue weighted by atomic mass is 16.5. The minimum absolute atomic E-state index is 0.113. The van der Waals surface area contributed by atoms with Gasteiger partial charge < -0.3 is 14.6 Å². The van der Waals surface area contributed by atoms with Gasteiger partial charge in [0, 0.05) is 19.0 Å². The van der Waals surface area contributed by atoms with E-state index in [0.29, 0.717) is 0 Å². The van der Waals surface area contributed by atoms with Crippen LogP contribution in [0.5, 0.6) is 5.88 Å². The third-order valence-electron chi connectivity index (χ3n) is 3.08. The van der Waals surface area contributed by atoms with Crippen molar-refractivity contribution in [1.82, 2.24) is 9.88 Å². The molecule has 1 fully saturated rings. The molecule has 1 aromatic rings. The molecule has 1 spiro atoms. The van der Waals surface area contributed by atoms with E-state index < -0.39 is 0 Å². The van der Waals surface area contributed by atoms with Gasteiger partial charge in [-0.1, -0.05) is 0 Å². The van der Waals surface area contributed by atoms with E-state index in [1.54, 1.807) is 0 Å². The van der Waals surface area contributed by atoms with Crippen LogP contribution in [0.4, 0.5) is 0 Å². The number of nitrogens with one attached hydrogen (secondary N) is 1. The number of piperidine rings is 1. The molecule has 3 nitrogen and oxygen atoms in total.